The van der Waals surface area contributed by atoms with Crippen molar-refractivity contribution >= 4 is 11.9 Å². The number of halogens is 1. The number of hydrogen-bond donors (Lipinski definition) is 1. The van der Waals surface area contributed by atoms with Crippen LogP contribution in [0.1, 0.15) is 21.5 Å². The van der Waals surface area contributed by atoms with Crippen molar-refractivity contribution in [3.8, 4) is 0 Å². The molecule has 0 aromatic heterocycles. The van der Waals surface area contributed by atoms with Crippen molar-refractivity contribution in [3.63, 3.8) is 0 Å². The molecule has 0 bridgehead atoms. The molecule has 1 N–H and O–H groups in total. The van der Waals surface area contributed by atoms with E-state index in [9.17, 15) is 14.0 Å². The molecule has 1 amide bonds. The second kappa shape index (κ2) is 8.08. The minimum absolute atomic E-state index is 0.0812. The Hall–Kier alpha value is -2.69. The van der Waals surface area contributed by atoms with Crippen LogP contribution in [-0.4, -0.2) is 25.0 Å². The van der Waals surface area contributed by atoms with Gasteiger partial charge in [-0.15, -0.1) is 0 Å². The van der Waals surface area contributed by atoms with E-state index in [1.807, 2.05) is 31.2 Å². The van der Waals surface area contributed by atoms with Gasteiger partial charge in [0.2, 0.25) is 0 Å². The molecule has 5 heteroatoms. The first kappa shape index (κ1) is 16.7. The van der Waals surface area contributed by atoms with Gasteiger partial charge in [-0.1, -0.05) is 30.3 Å². The fourth-order valence-corrected chi connectivity index (χ4v) is 2.11. The molecule has 2 rings (SSSR count). The van der Waals surface area contributed by atoms with Gasteiger partial charge >= 0.3 is 5.97 Å². The summed E-state index contributed by atoms with van der Waals surface area (Å²) in [6.45, 7) is 2.09. The number of esters is 1. The number of carbonyl (C=O) groups excluding carboxylic acids is 2. The molecule has 0 saturated heterocycles. The first-order chi connectivity index (χ1) is 11.1. The summed E-state index contributed by atoms with van der Waals surface area (Å²) >= 11 is 0. The largest absolute Gasteiger partial charge is 0.452 e. The summed E-state index contributed by atoms with van der Waals surface area (Å²) in [6.07, 6.45) is 0.705. The highest BCUT2D eigenvalue weighted by Gasteiger charge is 2.10. The smallest absolute Gasteiger partial charge is 0.338 e. The van der Waals surface area contributed by atoms with E-state index in [4.69, 9.17) is 4.74 Å². The van der Waals surface area contributed by atoms with Crippen LogP contribution >= 0.6 is 0 Å². The Balaban J connectivity index is 1.73. The first-order valence-electron chi connectivity index (χ1n) is 7.30. The van der Waals surface area contributed by atoms with Crippen LogP contribution in [0.2, 0.25) is 0 Å². The lowest BCUT2D eigenvalue weighted by molar-refractivity contribution is -0.124. The number of hydrogen-bond acceptors (Lipinski definition) is 3. The van der Waals surface area contributed by atoms with Crippen molar-refractivity contribution in [3.05, 3.63) is 71.0 Å². The third kappa shape index (κ3) is 5.21. The highest BCUT2D eigenvalue weighted by Crippen LogP contribution is 2.07. The lowest BCUT2D eigenvalue weighted by atomic mass is 10.1. The number of carbonyl (C=O) groups is 2. The Bertz CT molecular complexity index is 700. The van der Waals surface area contributed by atoms with Gasteiger partial charge in [-0.05, 0) is 42.7 Å². The van der Waals surface area contributed by atoms with Gasteiger partial charge in [-0.2, -0.15) is 0 Å². The quantitative estimate of drug-likeness (QED) is 0.834. The van der Waals surface area contributed by atoms with E-state index in [-0.39, 0.29) is 18.1 Å². The maximum Gasteiger partial charge on any atom is 0.338 e. The Morgan fingerprint density at radius 1 is 1.13 bits per heavy atom. The van der Waals surface area contributed by atoms with Gasteiger partial charge in [-0.3, -0.25) is 4.79 Å². The minimum Gasteiger partial charge on any atom is -0.452 e. The van der Waals surface area contributed by atoms with Crippen molar-refractivity contribution in [1.29, 1.82) is 0 Å². The zero-order valence-corrected chi connectivity index (χ0v) is 12.8. The molecule has 2 aromatic carbocycles. The molecule has 0 saturated carbocycles. The van der Waals surface area contributed by atoms with E-state index in [1.165, 1.54) is 23.8 Å². The van der Waals surface area contributed by atoms with Crippen molar-refractivity contribution < 1.29 is 18.7 Å². The lowest BCUT2D eigenvalue weighted by Crippen LogP contribution is -2.30. The summed E-state index contributed by atoms with van der Waals surface area (Å²) in [6, 6.07) is 13.1. The molecule has 0 aliphatic carbocycles. The molecular formula is C18H18FNO3. The average Bonchev–Trinajstić information content (AvgIpc) is 2.54. The second-order valence-electron chi connectivity index (χ2n) is 5.11. The molecule has 0 heterocycles. The predicted octanol–water partition coefficient (Wildman–Crippen LogP) is 2.65. The first-order valence-corrected chi connectivity index (χ1v) is 7.30. The molecule has 23 heavy (non-hydrogen) atoms. The van der Waals surface area contributed by atoms with Gasteiger partial charge < -0.3 is 10.1 Å². The van der Waals surface area contributed by atoms with E-state index >= 15 is 0 Å². The number of nitrogens with one attached hydrogen (secondary N) is 1. The molecule has 120 valence electrons. The van der Waals surface area contributed by atoms with Crippen LogP contribution < -0.4 is 5.32 Å². The van der Waals surface area contributed by atoms with Gasteiger partial charge in [0, 0.05) is 6.54 Å². The highest BCUT2D eigenvalue weighted by molar-refractivity contribution is 5.91. The molecule has 4 nitrogen and oxygen atoms in total. The normalized spacial score (nSPS) is 10.2. The Morgan fingerprint density at radius 2 is 1.91 bits per heavy atom. The summed E-state index contributed by atoms with van der Waals surface area (Å²) in [5.41, 5.74) is 2.40. The SMILES string of the molecule is Cc1ccccc1CCNC(=O)COC(=O)c1cccc(F)c1. The summed E-state index contributed by atoms with van der Waals surface area (Å²) in [5.74, 6) is -1.64. The minimum atomic E-state index is -0.724. The van der Waals surface area contributed by atoms with E-state index in [0.29, 0.717) is 13.0 Å². The maximum atomic E-state index is 13.0. The molecule has 0 fully saturated rings. The van der Waals surface area contributed by atoms with Crippen molar-refractivity contribution in [2.45, 2.75) is 13.3 Å². The van der Waals surface area contributed by atoms with E-state index < -0.39 is 11.8 Å². The van der Waals surface area contributed by atoms with Crippen LogP contribution in [0.3, 0.4) is 0 Å². The molecule has 0 aliphatic rings. The zero-order chi connectivity index (χ0) is 16.7. The number of aryl methyl sites for hydroxylation is 1. The van der Waals surface area contributed by atoms with Crippen molar-refractivity contribution in [2.75, 3.05) is 13.2 Å². The predicted molar refractivity (Wildman–Crippen MR) is 84.6 cm³/mol. The fraction of sp³-hybridized carbons (Fsp3) is 0.222. The van der Waals surface area contributed by atoms with Gasteiger partial charge in [0.1, 0.15) is 5.82 Å². The van der Waals surface area contributed by atoms with E-state index in [1.54, 1.807) is 0 Å². The summed E-state index contributed by atoms with van der Waals surface area (Å²) in [7, 11) is 0. The van der Waals surface area contributed by atoms with Crippen molar-refractivity contribution in [1.82, 2.24) is 5.32 Å². The van der Waals surface area contributed by atoms with Gasteiger partial charge in [-0.25, -0.2) is 9.18 Å². The van der Waals surface area contributed by atoms with Crippen LogP contribution in [-0.2, 0) is 16.0 Å². The Morgan fingerprint density at radius 3 is 2.65 bits per heavy atom. The average molecular weight is 315 g/mol. The molecule has 0 spiro atoms. The molecule has 0 radical (unpaired) electrons. The monoisotopic (exact) mass is 315 g/mol. The molecule has 0 aliphatic heterocycles. The van der Waals surface area contributed by atoms with E-state index in [0.717, 1.165) is 11.6 Å². The zero-order valence-electron chi connectivity index (χ0n) is 12.8. The van der Waals surface area contributed by atoms with Gasteiger partial charge in [0.05, 0.1) is 5.56 Å². The van der Waals surface area contributed by atoms with Crippen molar-refractivity contribution in [2.24, 2.45) is 0 Å². The van der Waals surface area contributed by atoms with Crippen LogP contribution in [0, 0.1) is 12.7 Å². The standard InChI is InChI=1S/C18H18FNO3/c1-13-5-2-3-6-14(13)9-10-20-17(21)12-23-18(22)15-7-4-8-16(19)11-15/h2-8,11H,9-10,12H2,1H3,(H,20,21). The third-order valence-corrected chi connectivity index (χ3v) is 3.37. The Labute approximate surface area is 134 Å². The van der Waals surface area contributed by atoms with Crippen LogP contribution in [0.4, 0.5) is 4.39 Å². The summed E-state index contributed by atoms with van der Waals surface area (Å²) in [4.78, 5) is 23.3. The number of ether oxygens (including phenoxy) is 1. The molecule has 2 aromatic rings. The topological polar surface area (TPSA) is 55.4 Å². The second-order valence-corrected chi connectivity index (χ2v) is 5.11. The fourth-order valence-electron chi connectivity index (χ4n) is 2.11. The number of amides is 1. The maximum absolute atomic E-state index is 13.0. The summed E-state index contributed by atoms with van der Waals surface area (Å²) < 4.78 is 17.9. The van der Waals surface area contributed by atoms with Gasteiger partial charge in [0.15, 0.2) is 6.61 Å². The van der Waals surface area contributed by atoms with Crippen LogP contribution in [0.5, 0.6) is 0 Å². The van der Waals surface area contributed by atoms with Crippen LogP contribution in [0.15, 0.2) is 48.5 Å². The van der Waals surface area contributed by atoms with Crippen LogP contribution in [0.25, 0.3) is 0 Å². The Kier molecular flexibility index (Phi) is 5.86. The molecular weight excluding hydrogens is 297 g/mol. The molecule has 0 unspecified atom stereocenters. The lowest BCUT2D eigenvalue weighted by Gasteiger charge is -2.08. The van der Waals surface area contributed by atoms with Gasteiger partial charge in [0.25, 0.3) is 5.91 Å². The molecule has 0 atom stereocenters. The highest BCUT2D eigenvalue weighted by atomic mass is 19.1. The third-order valence-electron chi connectivity index (χ3n) is 3.37. The number of benzene rings is 2. The summed E-state index contributed by atoms with van der Waals surface area (Å²) in [5, 5.41) is 2.69. The number of rotatable bonds is 6. The van der Waals surface area contributed by atoms with E-state index in [2.05, 4.69) is 5.32 Å².